The number of halogens is 3. The summed E-state index contributed by atoms with van der Waals surface area (Å²) in [4.78, 5) is 22.8. The van der Waals surface area contributed by atoms with Crippen molar-refractivity contribution in [3.8, 4) is 11.4 Å². The number of rotatable bonds is 4. The van der Waals surface area contributed by atoms with E-state index in [0.29, 0.717) is 29.9 Å². The average Bonchev–Trinajstić information content (AvgIpc) is 2.98. The minimum Gasteiger partial charge on any atom is -0.406 e. The fourth-order valence-electron chi connectivity index (χ4n) is 3.62. The summed E-state index contributed by atoms with van der Waals surface area (Å²) in [5.74, 6) is -0.206. The molecule has 1 aliphatic heterocycles. The Bertz CT molecular complexity index is 1150. The summed E-state index contributed by atoms with van der Waals surface area (Å²) in [5, 5.41) is 4.63. The Balaban J connectivity index is 1.42. The van der Waals surface area contributed by atoms with Gasteiger partial charge < -0.3 is 9.64 Å². The van der Waals surface area contributed by atoms with E-state index in [1.54, 1.807) is 15.8 Å². The number of alkyl halides is 3. The topological polar surface area (TPSA) is 73.1 Å². The van der Waals surface area contributed by atoms with Crippen LogP contribution in [0.3, 0.4) is 0 Å². The molecule has 5 rings (SSSR count). The second kappa shape index (κ2) is 6.82. The zero-order chi connectivity index (χ0) is 20.9. The number of hydrogen-bond donors (Lipinski definition) is 0. The van der Waals surface area contributed by atoms with Crippen LogP contribution in [0, 0.1) is 0 Å². The standard InChI is InChI=1S/C20H16F3N5O2/c21-20(22,23)30-15-6-4-14(5-7-15)28-18-17(24-8-9-25-18)16(26-28)13-10-27(11-13)19(29)12-2-1-3-12/h2,4-9,13H,1,3,10-11H2. The van der Waals surface area contributed by atoms with Gasteiger partial charge >= 0.3 is 6.36 Å². The molecular formula is C20H16F3N5O2. The van der Waals surface area contributed by atoms with Crippen LogP contribution in [0.25, 0.3) is 16.9 Å². The molecule has 0 atom stereocenters. The molecule has 1 aliphatic carbocycles. The molecule has 0 spiro atoms. The zero-order valence-electron chi connectivity index (χ0n) is 15.6. The predicted octanol–water partition coefficient (Wildman–Crippen LogP) is 3.36. The van der Waals surface area contributed by atoms with Crippen molar-refractivity contribution in [3.05, 3.63) is 54.0 Å². The minimum absolute atomic E-state index is 0.0305. The molecule has 1 aromatic carbocycles. The molecule has 0 unspecified atom stereocenters. The number of hydrogen-bond acceptors (Lipinski definition) is 5. The third-order valence-electron chi connectivity index (χ3n) is 5.28. The van der Waals surface area contributed by atoms with E-state index in [9.17, 15) is 18.0 Å². The van der Waals surface area contributed by atoms with Crippen molar-refractivity contribution < 1.29 is 22.7 Å². The van der Waals surface area contributed by atoms with Crippen LogP contribution in [-0.2, 0) is 4.79 Å². The predicted molar refractivity (Wildman–Crippen MR) is 100.0 cm³/mol. The molecule has 1 saturated heterocycles. The van der Waals surface area contributed by atoms with E-state index in [-0.39, 0.29) is 17.6 Å². The summed E-state index contributed by atoms with van der Waals surface area (Å²) in [6.07, 6.45) is 2.09. The lowest BCUT2D eigenvalue weighted by molar-refractivity contribution is -0.274. The van der Waals surface area contributed by atoms with Crippen molar-refractivity contribution >= 4 is 17.1 Å². The number of fused-ring (bicyclic) bond motifs is 1. The highest BCUT2D eigenvalue weighted by atomic mass is 19.4. The third kappa shape index (κ3) is 3.27. The summed E-state index contributed by atoms with van der Waals surface area (Å²) in [6, 6.07) is 5.40. The largest absolute Gasteiger partial charge is 0.573 e. The summed E-state index contributed by atoms with van der Waals surface area (Å²) < 4.78 is 42.6. The fraction of sp³-hybridized carbons (Fsp3) is 0.300. The molecule has 0 bridgehead atoms. The lowest BCUT2D eigenvalue weighted by Gasteiger charge is -2.39. The Kier molecular flexibility index (Phi) is 4.23. The first kappa shape index (κ1) is 18.6. The number of benzene rings is 1. The lowest BCUT2D eigenvalue weighted by atomic mass is 9.91. The van der Waals surface area contributed by atoms with Gasteiger partial charge in [0, 0.05) is 37.0 Å². The van der Waals surface area contributed by atoms with E-state index in [1.807, 2.05) is 6.08 Å². The molecule has 30 heavy (non-hydrogen) atoms. The minimum atomic E-state index is -4.75. The normalized spacial score (nSPS) is 16.8. The highest BCUT2D eigenvalue weighted by Crippen LogP contribution is 2.34. The molecule has 10 heteroatoms. The molecule has 2 aromatic heterocycles. The first-order chi connectivity index (χ1) is 14.4. The quantitative estimate of drug-likeness (QED) is 0.653. The van der Waals surface area contributed by atoms with Crippen LogP contribution in [0.2, 0.25) is 0 Å². The van der Waals surface area contributed by atoms with Crippen LogP contribution in [0.15, 0.2) is 48.3 Å². The second-order valence-corrected chi connectivity index (χ2v) is 7.24. The van der Waals surface area contributed by atoms with E-state index in [0.717, 1.165) is 24.1 Å². The maximum absolute atomic E-state index is 12.4. The maximum Gasteiger partial charge on any atom is 0.573 e. The number of ether oxygens (including phenoxy) is 1. The molecule has 0 radical (unpaired) electrons. The van der Waals surface area contributed by atoms with E-state index < -0.39 is 6.36 Å². The highest BCUT2D eigenvalue weighted by Gasteiger charge is 2.37. The maximum atomic E-state index is 12.4. The van der Waals surface area contributed by atoms with Gasteiger partial charge in [-0.05, 0) is 37.1 Å². The van der Waals surface area contributed by atoms with Gasteiger partial charge in [0.15, 0.2) is 5.65 Å². The molecule has 2 aliphatic rings. The molecule has 1 amide bonds. The van der Waals surface area contributed by atoms with Crippen LogP contribution >= 0.6 is 0 Å². The summed E-state index contributed by atoms with van der Waals surface area (Å²) >= 11 is 0. The molecule has 1 fully saturated rings. The van der Waals surface area contributed by atoms with Gasteiger partial charge in [-0.1, -0.05) is 6.08 Å². The average molecular weight is 415 g/mol. The van der Waals surface area contributed by atoms with Crippen molar-refractivity contribution in [2.24, 2.45) is 0 Å². The van der Waals surface area contributed by atoms with Crippen LogP contribution in [0.1, 0.15) is 24.5 Å². The molecule has 154 valence electrons. The number of amides is 1. The lowest BCUT2D eigenvalue weighted by Crippen LogP contribution is -2.49. The summed E-state index contributed by atoms with van der Waals surface area (Å²) in [6.45, 7) is 1.11. The SMILES string of the molecule is O=C(C1=CCC1)N1CC(c2nn(-c3ccc(OC(F)(F)F)cc3)c3nccnc23)C1. The third-order valence-corrected chi connectivity index (χ3v) is 5.28. The van der Waals surface area contributed by atoms with Crippen molar-refractivity contribution in [2.75, 3.05) is 13.1 Å². The molecule has 7 nitrogen and oxygen atoms in total. The van der Waals surface area contributed by atoms with Gasteiger partial charge in [-0.25, -0.2) is 14.6 Å². The van der Waals surface area contributed by atoms with Gasteiger partial charge in [-0.3, -0.25) is 4.79 Å². The Morgan fingerprint density at radius 3 is 2.43 bits per heavy atom. The van der Waals surface area contributed by atoms with Gasteiger partial charge in [0.1, 0.15) is 11.3 Å². The Morgan fingerprint density at radius 1 is 1.10 bits per heavy atom. The van der Waals surface area contributed by atoms with Crippen LogP contribution in [0.5, 0.6) is 5.75 Å². The number of carbonyl (C=O) groups excluding carboxylic acids is 1. The van der Waals surface area contributed by atoms with Gasteiger partial charge in [-0.2, -0.15) is 5.10 Å². The monoisotopic (exact) mass is 415 g/mol. The van der Waals surface area contributed by atoms with E-state index in [1.165, 1.54) is 30.5 Å². The second-order valence-electron chi connectivity index (χ2n) is 7.24. The van der Waals surface area contributed by atoms with Gasteiger partial charge in [-0.15, -0.1) is 13.2 Å². The van der Waals surface area contributed by atoms with Gasteiger partial charge in [0.25, 0.3) is 0 Å². The molecular weight excluding hydrogens is 399 g/mol. The highest BCUT2D eigenvalue weighted by molar-refractivity contribution is 5.95. The Hall–Kier alpha value is -3.43. The van der Waals surface area contributed by atoms with E-state index in [4.69, 9.17) is 0 Å². The summed E-state index contributed by atoms with van der Waals surface area (Å²) in [7, 11) is 0. The molecule has 0 saturated carbocycles. The van der Waals surface area contributed by atoms with E-state index in [2.05, 4.69) is 19.8 Å². The molecule has 3 aromatic rings. The number of carbonyl (C=O) groups is 1. The van der Waals surface area contributed by atoms with Gasteiger partial charge in [0.2, 0.25) is 5.91 Å². The molecule has 3 heterocycles. The van der Waals surface area contributed by atoms with Crippen LogP contribution < -0.4 is 4.74 Å². The number of aromatic nitrogens is 4. The van der Waals surface area contributed by atoms with Crippen LogP contribution in [0.4, 0.5) is 13.2 Å². The number of allylic oxidation sites excluding steroid dienone is 1. The zero-order valence-corrected chi connectivity index (χ0v) is 15.6. The van der Waals surface area contributed by atoms with Crippen molar-refractivity contribution in [1.29, 1.82) is 0 Å². The van der Waals surface area contributed by atoms with Gasteiger partial charge in [0.05, 0.1) is 11.4 Å². The number of likely N-dealkylation sites (tertiary alicyclic amines) is 1. The number of nitrogens with zero attached hydrogens (tertiary/aromatic N) is 5. The first-order valence-corrected chi connectivity index (χ1v) is 9.43. The molecule has 0 N–H and O–H groups in total. The van der Waals surface area contributed by atoms with Crippen LogP contribution in [-0.4, -0.2) is 50.0 Å². The van der Waals surface area contributed by atoms with Crippen molar-refractivity contribution in [1.82, 2.24) is 24.6 Å². The first-order valence-electron chi connectivity index (χ1n) is 9.43. The smallest absolute Gasteiger partial charge is 0.406 e. The van der Waals surface area contributed by atoms with Crippen molar-refractivity contribution in [3.63, 3.8) is 0 Å². The van der Waals surface area contributed by atoms with Crippen molar-refractivity contribution in [2.45, 2.75) is 25.1 Å². The Labute approximate surface area is 168 Å². The Morgan fingerprint density at radius 2 is 1.80 bits per heavy atom. The van der Waals surface area contributed by atoms with E-state index >= 15 is 0 Å². The summed E-state index contributed by atoms with van der Waals surface area (Å²) in [5.41, 5.74) is 3.25. The fourth-order valence-corrected chi connectivity index (χ4v) is 3.62.